The van der Waals surface area contributed by atoms with Crippen LogP contribution in [0.3, 0.4) is 0 Å². The number of hydrogen-bond donors (Lipinski definition) is 0. The second-order valence-corrected chi connectivity index (χ2v) is 8.79. The van der Waals surface area contributed by atoms with Gasteiger partial charge in [-0.15, -0.1) is 0 Å². The van der Waals surface area contributed by atoms with Crippen molar-refractivity contribution >= 4 is 11.9 Å². The van der Waals surface area contributed by atoms with Crippen molar-refractivity contribution in [2.24, 2.45) is 28.6 Å². The van der Waals surface area contributed by atoms with E-state index in [0.29, 0.717) is 24.2 Å². The lowest BCUT2D eigenvalue weighted by molar-refractivity contribution is -0.159. The molecule has 4 aliphatic rings. The Morgan fingerprint density at radius 3 is 2.75 bits per heavy atom. The minimum Gasteiger partial charge on any atom is -0.462 e. The summed E-state index contributed by atoms with van der Waals surface area (Å²) < 4.78 is 11.3. The monoisotopic (exact) mass is 332 g/mol. The van der Waals surface area contributed by atoms with E-state index in [0.717, 1.165) is 44.3 Å². The third-order valence-corrected chi connectivity index (χ3v) is 7.69. The minimum atomic E-state index is -0.152. The molecular formula is C20H28O4. The molecular weight excluding hydrogens is 304 g/mol. The molecule has 3 fully saturated rings. The Hall–Kier alpha value is -1.32. The van der Waals surface area contributed by atoms with Gasteiger partial charge in [-0.3, -0.25) is 9.59 Å². The quantitative estimate of drug-likeness (QED) is 0.681. The van der Waals surface area contributed by atoms with Crippen molar-refractivity contribution in [3.63, 3.8) is 0 Å². The third-order valence-electron chi connectivity index (χ3n) is 7.69. The van der Waals surface area contributed by atoms with Gasteiger partial charge >= 0.3 is 11.9 Å². The number of hydrogen-bond acceptors (Lipinski definition) is 4. The molecule has 1 saturated heterocycles. The molecule has 1 heterocycles. The fourth-order valence-corrected chi connectivity index (χ4v) is 6.41. The first kappa shape index (κ1) is 16.2. The standard InChI is InChI=1S/C20H28O4/c1-12(21)23-16-7-5-14-13-4-6-17-20(3,11-9-18(22)24-17)15(13)8-10-19(14,16)2/h6,13-16H,4-5,7-11H2,1-3H3/t13-,14-,15+,16?,19-,20+/m0/s1. The molecule has 24 heavy (non-hydrogen) atoms. The summed E-state index contributed by atoms with van der Waals surface area (Å²) in [5.41, 5.74) is 0.123. The van der Waals surface area contributed by atoms with Crippen molar-refractivity contribution in [1.82, 2.24) is 0 Å². The average molecular weight is 332 g/mol. The average Bonchev–Trinajstić information content (AvgIpc) is 2.84. The lowest BCUT2D eigenvalue weighted by atomic mass is 9.50. The highest BCUT2D eigenvalue weighted by molar-refractivity contribution is 5.72. The number of rotatable bonds is 1. The van der Waals surface area contributed by atoms with Gasteiger partial charge in [0.1, 0.15) is 11.9 Å². The Morgan fingerprint density at radius 1 is 1.21 bits per heavy atom. The van der Waals surface area contributed by atoms with Crippen molar-refractivity contribution < 1.29 is 19.1 Å². The molecule has 4 nitrogen and oxygen atoms in total. The Balaban J connectivity index is 1.63. The van der Waals surface area contributed by atoms with Crippen LogP contribution in [0.25, 0.3) is 0 Å². The van der Waals surface area contributed by atoms with Gasteiger partial charge in [-0.05, 0) is 62.4 Å². The van der Waals surface area contributed by atoms with Crippen LogP contribution in [0.1, 0.15) is 65.7 Å². The molecule has 4 rings (SSSR count). The molecule has 0 bridgehead atoms. The van der Waals surface area contributed by atoms with Crippen LogP contribution >= 0.6 is 0 Å². The predicted molar refractivity (Wildman–Crippen MR) is 88.7 cm³/mol. The van der Waals surface area contributed by atoms with Gasteiger partial charge in [-0.2, -0.15) is 0 Å². The second kappa shape index (κ2) is 5.34. The van der Waals surface area contributed by atoms with E-state index in [4.69, 9.17) is 9.47 Å². The maximum absolute atomic E-state index is 11.7. The molecule has 0 aromatic heterocycles. The summed E-state index contributed by atoms with van der Waals surface area (Å²) in [5.74, 6) is 2.51. The van der Waals surface area contributed by atoms with Crippen LogP contribution in [0, 0.1) is 28.6 Å². The van der Waals surface area contributed by atoms with Gasteiger partial charge in [-0.1, -0.05) is 13.8 Å². The second-order valence-electron chi connectivity index (χ2n) is 8.79. The maximum atomic E-state index is 11.7. The molecule has 4 heteroatoms. The Kier molecular flexibility index (Phi) is 3.59. The highest BCUT2D eigenvalue weighted by atomic mass is 16.5. The minimum absolute atomic E-state index is 0.0116. The lowest BCUT2D eigenvalue weighted by Crippen LogP contribution is -2.51. The van der Waals surface area contributed by atoms with Crippen LogP contribution in [0.2, 0.25) is 0 Å². The highest BCUT2D eigenvalue weighted by Gasteiger charge is 2.60. The number of allylic oxidation sites excluding steroid dienone is 2. The Morgan fingerprint density at radius 2 is 2.00 bits per heavy atom. The summed E-state index contributed by atoms with van der Waals surface area (Å²) >= 11 is 0. The number of carbonyl (C=O) groups is 2. The van der Waals surface area contributed by atoms with Crippen molar-refractivity contribution in [3.8, 4) is 0 Å². The Bertz CT molecular complexity index is 609. The van der Waals surface area contributed by atoms with E-state index in [1.54, 1.807) is 0 Å². The van der Waals surface area contributed by atoms with Gasteiger partial charge in [0.25, 0.3) is 0 Å². The smallest absolute Gasteiger partial charge is 0.310 e. The van der Waals surface area contributed by atoms with E-state index in [1.165, 1.54) is 6.92 Å². The predicted octanol–water partition coefficient (Wildman–Crippen LogP) is 3.99. The molecule has 3 aliphatic carbocycles. The van der Waals surface area contributed by atoms with Crippen LogP contribution in [0.4, 0.5) is 0 Å². The summed E-state index contributed by atoms with van der Waals surface area (Å²) in [6.45, 7) is 6.15. The summed E-state index contributed by atoms with van der Waals surface area (Å²) in [6.07, 6.45) is 9.09. The van der Waals surface area contributed by atoms with E-state index in [2.05, 4.69) is 19.9 Å². The molecule has 1 unspecified atom stereocenters. The largest absolute Gasteiger partial charge is 0.462 e. The van der Waals surface area contributed by atoms with Gasteiger partial charge in [0, 0.05) is 24.2 Å². The number of esters is 2. The molecule has 1 aliphatic heterocycles. The summed E-state index contributed by atoms with van der Waals surface area (Å²) in [5, 5.41) is 0. The van der Waals surface area contributed by atoms with Gasteiger partial charge in [0.15, 0.2) is 0 Å². The summed E-state index contributed by atoms with van der Waals surface area (Å²) in [6, 6.07) is 0. The van der Waals surface area contributed by atoms with Gasteiger partial charge < -0.3 is 9.47 Å². The van der Waals surface area contributed by atoms with E-state index in [1.807, 2.05) is 0 Å². The summed E-state index contributed by atoms with van der Waals surface area (Å²) in [4.78, 5) is 23.2. The molecule has 6 atom stereocenters. The first-order chi connectivity index (χ1) is 11.3. The third kappa shape index (κ3) is 2.18. The van der Waals surface area contributed by atoms with E-state index < -0.39 is 0 Å². The zero-order chi connectivity index (χ0) is 17.1. The fraction of sp³-hybridized carbons (Fsp3) is 0.800. The molecule has 0 radical (unpaired) electrons. The zero-order valence-electron chi connectivity index (χ0n) is 15.0. The van der Waals surface area contributed by atoms with Crippen molar-refractivity contribution in [2.45, 2.75) is 71.8 Å². The van der Waals surface area contributed by atoms with Crippen LogP contribution in [-0.2, 0) is 19.1 Å². The first-order valence-electron chi connectivity index (χ1n) is 9.43. The van der Waals surface area contributed by atoms with Gasteiger partial charge in [-0.25, -0.2) is 0 Å². The van der Waals surface area contributed by atoms with E-state index in [-0.39, 0.29) is 28.9 Å². The molecule has 0 spiro atoms. The fourth-order valence-electron chi connectivity index (χ4n) is 6.41. The number of fused-ring (bicyclic) bond motifs is 5. The summed E-state index contributed by atoms with van der Waals surface area (Å²) in [7, 11) is 0. The topological polar surface area (TPSA) is 52.6 Å². The van der Waals surface area contributed by atoms with Crippen LogP contribution < -0.4 is 0 Å². The van der Waals surface area contributed by atoms with Gasteiger partial charge in [0.2, 0.25) is 0 Å². The lowest BCUT2D eigenvalue weighted by Gasteiger charge is -2.56. The van der Waals surface area contributed by atoms with Crippen molar-refractivity contribution in [3.05, 3.63) is 11.8 Å². The van der Waals surface area contributed by atoms with Crippen molar-refractivity contribution in [2.75, 3.05) is 0 Å². The molecule has 2 saturated carbocycles. The Labute approximate surface area is 144 Å². The van der Waals surface area contributed by atoms with Gasteiger partial charge in [0.05, 0.1) is 0 Å². The SMILES string of the molecule is CC(=O)OC1CC[C@H]2[C@@H]3CC=C4OC(=O)CC[C@]4(C)[C@@H]3CC[C@]12C. The normalized spacial score (nSPS) is 47.0. The molecule has 0 aromatic carbocycles. The van der Waals surface area contributed by atoms with E-state index in [9.17, 15) is 9.59 Å². The molecule has 132 valence electrons. The van der Waals surface area contributed by atoms with Crippen LogP contribution in [0.5, 0.6) is 0 Å². The zero-order valence-corrected chi connectivity index (χ0v) is 15.0. The molecule has 0 N–H and O–H groups in total. The molecule has 0 amide bonds. The van der Waals surface area contributed by atoms with E-state index >= 15 is 0 Å². The number of ether oxygens (including phenoxy) is 2. The van der Waals surface area contributed by atoms with Crippen LogP contribution in [0.15, 0.2) is 11.8 Å². The molecule has 0 aromatic rings. The maximum Gasteiger partial charge on any atom is 0.310 e. The highest BCUT2D eigenvalue weighted by Crippen LogP contribution is 2.64. The van der Waals surface area contributed by atoms with Crippen molar-refractivity contribution in [1.29, 1.82) is 0 Å². The van der Waals surface area contributed by atoms with Crippen LogP contribution in [-0.4, -0.2) is 18.0 Å². The number of carbonyl (C=O) groups excluding carboxylic acids is 2. The first-order valence-corrected chi connectivity index (χ1v) is 9.43.